The quantitative estimate of drug-likeness (QED) is 0.652. The molecular formula is C14H32N2. The van der Waals surface area contributed by atoms with Crippen LogP contribution in [-0.2, 0) is 0 Å². The number of hydrogen-bond acceptors (Lipinski definition) is 2. The third-order valence-corrected chi connectivity index (χ3v) is 3.77. The van der Waals surface area contributed by atoms with Gasteiger partial charge in [0.25, 0.3) is 0 Å². The van der Waals surface area contributed by atoms with Crippen molar-refractivity contribution in [2.75, 3.05) is 26.2 Å². The molecule has 0 aliphatic carbocycles. The van der Waals surface area contributed by atoms with E-state index in [2.05, 4.69) is 51.8 Å². The maximum Gasteiger partial charge on any atom is 0.0105 e. The maximum atomic E-state index is 3.45. The minimum absolute atomic E-state index is 0.679. The minimum Gasteiger partial charge on any atom is -0.317 e. The largest absolute Gasteiger partial charge is 0.317 e. The molecule has 2 nitrogen and oxygen atoms in total. The summed E-state index contributed by atoms with van der Waals surface area (Å²) in [5.41, 5.74) is 0. The van der Waals surface area contributed by atoms with Crippen LogP contribution in [0.2, 0.25) is 0 Å². The van der Waals surface area contributed by atoms with Crippen molar-refractivity contribution >= 4 is 0 Å². The van der Waals surface area contributed by atoms with Gasteiger partial charge in [0, 0.05) is 12.6 Å². The van der Waals surface area contributed by atoms with E-state index in [1.807, 2.05) is 0 Å². The van der Waals surface area contributed by atoms with Crippen LogP contribution in [0, 0.1) is 11.8 Å². The van der Waals surface area contributed by atoms with Gasteiger partial charge in [0.15, 0.2) is 0 Å². The van der Waals surface area contributed by atoms with E-state index in [1.54, 1.807) is 0 Å². The van der Waals surface area contributed by atoms with Crippen molar-refractivity contribution in [1.82, 2.24) is 10.2 Å². The van der Waals surface area contributed by atoms with E-state index in [9.17, 15) is 0 Å². The number of hydrogen-bond donors (Lipinski definition) is 1. The lowest BCUT2D eigenvalue weighted by Crippen LogP contribution is -2.43. The van der Waals surface area contributed by atoms with Crippen molar-refractivity contribution in [1.29, 1.82) is 0 Å². The number of rotatable bonds is 9. The molecule has 0 aromatic carbocycles. The van der Waals surface area contributed by atoms with Crippen molar-refractivity contribution in [3.05, 3.63) is 0 Å². The lowest BCUT2D eigenvalue weighted by atomic mass is 10.00. The molecule has 0 aliphatic heterocycles. The van der Waals surface area contributed by atoms with Crippen LogP contribution in [-0.4, -0.2) is 37.1 Å². The van der Waals surface area contributed by atoms with E-state index in [0.29, 0.717) is 6.04 Å². The van der Waals surface area contributed by atoms with Gasteiger partial charge >= 0.3 is 0 Å². The molecule has 0 amide bonds. The smallest absolute Gasteiger partial charge is 0.0105 e. The zero-order valence-electron chi connectivity index (χ0n) is 12.2. The summed E-state index contributed by atoms with van der Waals surface area (Å²) >= 11 is 0. The Morgan fingerprint density at radius 3 is 2.12 bits per heavy atom. The summed E-state index contributed by atoms with van der Waals surface area (Å²) in [6.45, 7) is 18.4. The highest BCUT2D eigenvalue weighted by Gasteiger charge is 2.19. The Bertz CT molecular complexity index is 159. The van der Waals surface area contributed by atoms with Crippen molar-refractivity contribution < 1.29 is 0 Å². The molecular weight excluding hydrogens is 196 g/mol. The summed E-state index contributed by atoms with van der Waals surface area (Å²) in [7, 11) is 0. The molecule has 0 aliphatic rings. The minimum atomic E-state index is 0.679. The summed E-state index contributed by atoms with van der Waals surface area (Å²) in [6.07, 6.45) is 1.28. The third-order valence-electron chi connectivity index (χ3n) is 3.77. The van der Waals surface area contributed by atoms with Crippen LogP contribution >= 0.6 is 0 Å². The molecule has 0 radical (unpaired) electrons. The normalized spacial score (nSPS) is 17.4. The molecule has 16 heavy (non-hydrogen) atoms. The summed E-state index contributed by atoms with van der Waals surface area (Å²) in [4.78, 5) is 2.62. The zero-order valence-corrected chi connectivity index (χ0v) is 12.2. The molecule has 0 bridgehead atoms. The average Bonchev–Trinajstić information content (AvgIpc) is 2.31. The average molecular weight is 228 g/mol. The summed E-state index contributed by atoms with van der Waals surface area (Å²) < 4.78 is 0. The predicted molar refractivity (Wildman–Crippen MR) is 73.9 cm³/mol. The Morgan fingerprint density at radius 1 is 1.06 bits per heavy atom. The van der Waals surface area contributed by atoms with E-state index in [-0.39, 0.29) is 0 Å². The molecule has 0 fully saturated rings. The Balaban J connectivity index is 4.12. The standard InChI is InChI=1S/C14H32N2/c1-7-12(4)11-16(9-3)14(6)13(5)10-15-8-2/h12-15H,7-11H2,1-6H3. The maximum absolute atomic E-state index is 3.45. The highest BCUT2D eigenvalue weighted by atomic mass is 15.2. The van der Waals surface area contributed by atoms with Gasteiger partial charge in [0.2, 0.25) is 0 Å². The van der Waals surface area contributed by atoms with Crippen LogP contribution in [0.4, 0.5) is 0 Å². The molecule has 0 aromatic heterocycles. The predicted octanol–water partition coefficient (Wildman–Crippen LogP) is 2.99. The first-order valence-corrected chi connectivity index (χ1v) is 7.01. The lowest BCUT2D eigenvalue weighted by molar-refractivity contribution is 0.146. The van der Waals surface area contributed by atoms with E-state index in [0.717, 1.165) is 24.9 Å². The highest BCUT2D eigenvalue weighted by molar-refractivity contribution is 4.75. The van der Waals surface area contributed by atoms with Gasteiger partial charge in [-0.25, -0.2) is 0 Å². The first-order chi connectivity index (χ1) is 7.56. The molecule has 0 aromatic rings. The number of nitrogens with zero attached hydrogens (tertiary/aromatic N) is 1. The third kappa shape index (κ3) is 5.86. The Labute approximate surface area is 103 Å². The van der Waals surface area contributed by atoms with Crippen LogP contribution in [0.3, 0.4) is 0 Å². The molecule has 2 heteroatoms. The summed E-state index contributed by atoms with van der Waals surface area (Å²) in [5.74, 6) is 1.54. The first-order valence-electron chi connectivity index (χ1n) is 7.01. The number of nitrogens with one attached hydrogen (secondary N) is 1. The fourth-order valence-electron chi connectivity index (χ4n) is 2.02. The molecule has 0 spiro atoms. The molecule has 3 atom stereocenters. The Kier molecular flexibility index (Phi) is 8.96. The van der Waals surface area contributed by atoms with Gasteiger partial charge in [-0.1, -0.05) is 41.0 Å². The van der Waals surface area contributed by atoms with Crippen molar-refractivity contribution in [3.8, 4) is 0 Å². The fourth-order valence-corrected chi connectivity index (χ4v) is 2.02. The zero-order chi connectivity index (χ0) is 12.6. The van der Waals surface area contributed by atoms with Gasteiger partial charge in [-0.2, -0.15) is 0 Å². The Morgan fingerprint density at radius 2 is 1.69 bits per heavy atom. The van der Waals surface area contributed by atoms with Crippen molar-refractivity contribution in [3.63, 3.8) is 0 Å². The van der Waals surface area contributed by atoms with Gasteiger partial charge < -0.3 is 10.2 Å². The Hall–Kier alpha value is -0.0800. The molecule has 0 heterocycles. The van der Waals surface area contributed by atoms with Gasteiger partial charge in [-0.05, 0) is 38.4 Å². The summed E-state index contributed by atoms with van der Waals surface area (Å²) in [6, 6.07) is 0.679. The van der Waals surface area contributed by atoms with Gasteiger partial charge in [-0.3, -0.25) is 0 Å². The topological polar surface area (TPSA) is 15.3 Å². The molecule has 3 unspecified atom stereocenters. The molecule has 0 saturated heterocycles. The van der Waals surface area contributed by atoms with Crippen LogP contribution in [0.25, 0.3) is 0 Å². The van der Waals surface area contributed by atoms with Gasteiger partial charge in [0.1, 0.15) is 0 Å². The fraction of sp³-hybridized carbons (Fsp3) is 1.00. The monoisotopic (exact) mass is 228 g/mol. The van der Waals surface area contributed by atoms with Crippen molar-refractivity contribution in [2.24, 2.45) is 11.8 Å². The van der Waals surface area contributed by atoms with E-state index in [1.165, 1.54) is 19.5 Å². The van der Waals surface area contributed by atoms with E-state index < -0.39 is 0 Å². The first kappa shape index (κ1) is 15.9. The molecule has 98 valence electrons. The second kappa shape index (κ2) is 9.00. The molecule has 0 rings (SSSR count). The second-order valence-electron chi connectivity index (χ2n) is 5.13. The SMILES string of the molecule is CCNCC(C)C(C)N(CC)CC(C)CC. The van der Waals surface area contributed by atoms with Crippen LogP contribution in [0.5, 0.6) is 0 Å². The van der Waals surface area contributed by atoms with Gasteiger partial charge in [0.05, 0.1) is 0 Å². The van der Waals surface area contributed by atoms with E-state index in [4.69, 9.17) is 0 Å². The summed E-state index contributed by atoms with van der Waals surface area (Å²) in [5, 5.41) is 3.45. The van der Waals surface area contributed by atoms with Crippen LogP contribution in [0.15, 0.2) is 0 Å². The highest BCUT2D eigenvalue weighted by Crippen LogP contribution is 2.13. The molecule has 0 saturated carbocycles. The second-order valence-corrected chi connectivity index (χ2v) is 5.13. The van der Waals surface area contributed by atoms with Crippen molar-refractivity contribution in [2.45, 2.75) is 54.0 Å². The van der Waals surface area contributed by atoms with Crippen LogP contribution in [0.1, 0.15) is 48.0 Å². The van der Waals surface area contributed by atoms with E-state index >= 15 is 0 Å². The van der Waals surface area contributed by atoms with Crippen LogP contribution < -0.4 is 5.32 Å². The van der Waals surface area contributed by atoms with Gasteiger partial charge in [-0.15, -0.1) is 0 Å². The lowest BCUT2D eigenvalue weighted by Gasteiger charge is -2.34. The molecule has 1 N–H and O–H groups in total.